The van der Waals surface area contributed by atoms with E-state index in [4.69, 9.17) is 5.11 Å². The molecule has 0 atom stereocenters. The lowest BCUT2D eigenvalue weighted by Crippen LogP contribution is -2.35. The molecule has 5 nitrogen and oxygen atoms in total. The molecule has 2 rings (SSSR count). The third-order valence-corrected chi connectivity index (χ3v) is 3.38. The first-order valence-electron chi connectivity index (χ1n) is 5.58. The number of halogens is 2. The third kappa shape index (κ3) is 6.24. The highest BCUT2D eigenvalue weighted by atomic mass is 35.5. The van der Waals surface area contributed by atoms with E-state index in [0.717, 1.165) is 37.1 Å². The third-order valence-electron chi connectivity index (χ3n) is 2.59. The predicted octanol–water partition coefficient (Wildman–Crippen LogP) is 2.25. The number of carboxylic acid groups (broad SMARTS) is 1. The van der Waals surface area contributed by atoms with E-state index in [0.29, 0.717) is 11.7 Å². The molecule has 8 heteroatoms. The fourth-order valence-electron chi connectivity index (χ4n) is 1.73. The molecule has 0 amide bonds. The van der Waals surface area contributed by atoms with Crippen molar-refractivity contribution >= 4 is 53.3 Å². The maximum atomic E-state index is 10.4. The smallest absolute Gasteiger partial charge is 0.328 e. The number of aromatic nitrogens is 1. The Morgan fingerprint density at radius 2 is 2.16 bits per heavy atom. The SMILES string of the molecule is Cl.Cl.O=C(O)/C=C/c1csc(NC2CCNCC2)n1. The summed E-state index contributed by atoms with van der Waals surface area (Å²) in [5.74, 6) is -0.953. The van der Waals surface area contributed by atoms with Crippen LogP contribution in [0, 0.1) is 0 Å². The Morgan fingerprint density at radius 1 is 1.47 bits per heavy atom. The topological polar surface area (TPSA) is 74.2 Å². The summed E-state index contributed by atoms with van der Waals surface area (Å²) in [6.07, 6.45) is 4.80. The first-order chi connectivity index (χ1) is 8.24. The van der Waals surface area contributed by atoms with Crippen LogP contribution in [0.25, 0.3) is 6.08 Å². The van der Waals surface area contributed by atoms with Gasteiger partial charge in [0, 0.05) is 17.5 Å². The van der Waals surface area contributed by atoms with E-state index in [2.05, 4.69) is 15.6 Å². The van der Waals surface area contributed by atoms with Crippen LogP contribution in [-0.4, -0.2) is 35.2 Å². The number of rotatable bonds is 4. The molecule has 108 valence electrons. The van der Waals surface area contributed by atoms with Crippen molar-refractivity contribution in [1.82, 2.24) is 10.3 Å². The van der Waals surface area contributed by atoms with Gasteiger partial charge in [0.05, 0.1) is 5.69 Å². The van der Waals surface area contributed by atoms with E-state index in [1.807, 2.05) is 5.38 Å². The lowest BCUT2D eigenvalue weighted by molar-refractivity contribution is -0.131. The number of hydrogen-bond donors (Lipinski definition) is 3. The number of carbonyl (C=O) groups is 1. The zero-order valence-corrected chi connectivity index (χ0v) is 12.6. The minimum absolute atomic E-state index is 0. The van der Waals surface area contributed by atoms with Gasteiger partial charge in [-0.2, -0.15) is 0 Å². The van der Waals surface area contributed by atoms with Gasteiger partial charge in [0.2, 0.25) is 0 Å². The lowest BCUT2D eigenvalue weighted by Gasteiger charge is -2.23. The van der Waals surface area contributed by atoms with Crippen LogP contribution >= 0.6 is 36.2 Å². The van der Waals surface area contributed by atoms with Gasteiger partial charge in [-0.3, -0.25) is 0 Å². The van der Waals surface area contributed by atoms with Crippen molar-refractivity contribution < 1.29 is 9.90 Å². The standard InChI is InChI=1S/C11H15N3O2S.2ClH/c15-10(16)2-1-9-7-17-11(14-9)13-8-3-5-12-6-4-8;;/h1-2,7-8,12H,3-6H2,(H,13,14)(H,15,16);2*1H/b2-1+;;. The van der Waals surface area contributed by atoms with E-state index in [9.17, 15) is 4.79 Å². The first-order valence-corrected chi connectivity index (χ1v) is 6.46. The second-order valence-corrected chi connectivity index (χ2v) is 4.78. The van der Waals surface area contributed by atoms with Crippen molar-refractivity contribution in [3.8, 4) is 0 Å². The van der Waals surface area contributed by atoms with Gasteiger partial charge in [-0.1, -0.05) is 0 Å². The summed E-state index contributed by atoms with van der Waals surface area (Å²) >= 11 is 1.51. The van der Waals surface area contributed by atoms with Gasteiger partial charge in [0.15, 0.2) is 5.13 Å². The molecule has 0 radical (unpaired) electrons. The summed E-state index contributed by atoms with van der Waals surface area (Å²) in [5.41, 5.74) is 0.689. The summed E-state index contributed by atoms with van der Waals surface area (Å²) in [5, 5.41) is 17.9. The van der Waals surface area contributed by atoms with E-state index < -0.39 is 5.97 Å². The molecule has 0 spiro atoms. The van der Waals surface area contributed by atoms with Crippen molar-refractivity contribution in [2.24, 2.45) is 0 Å². The van der Waals surface area contributed by atoms with Gasteiger partial charge in [-0.15, -0.1) is 36.2 Å². The maximum absolute atomic E-state index is 10.4. The molecule has 1 aliphatic rings. The monoisotopic (exact) mass is 325 g/mol. The van der Waals surface area contributed by atoms with E-state index in [1.165, 1.54) is 17.4 Å². The van der Waals surface area contributed by atoms with Crippen LogP contribution in [0.2, 0.25) is 0 Å². The molecule has 0 aliphatic carbocycles. The Bertz CT molecular complexity index is 420. The van der Waals surface area contributed by atoms with Crippen molar-refractivity contribution in [3.05, 3.63) is 17.2 Å². The summed E-state index contributed by atoms with van der Waals surface area (Å²) in [6.45, 7) is 2.07. The van der Waals surface area contributed by atoms with Crippen LogP contribution in [-0.2, 0) is 4.79 Å². The largest absolute Gasteiger partial charge is 0.478 e. The van der Waals surface area contributed by atoms with Crippen LogP contribution in [0.1, 0.15) is 18.5 Å². The van der Waals surface area contributed by atoms with Gasteiger partial charge in [0.25, 0.3) is 0 Å². The Morgan fingerprint density at radius 3 is 2.79 bits per heavy atom. The van der Waals surface area contributed by atoms with Gasteiger partial charge < -0.3 is 15.7 Å². The molecule has 19 heavy (non-hydrogen) atoms. The number of anilines is 1. The summed E-state index contributed by atoms with van der Waals surface area (Å²) in [6, 6.07) is 0.471. The number of carboxylic acids is 1. The Hall–Kier alpha value is -0.820. The summed E-state index contributed by atoms with van der Waals surface area (Å²) < 4.78 is 0. The average molecular weight is 326 g/mol. The Balaban J connectivity index is 0.00000162. The Kier molecular flexibility index (Phi) is 8.75. The van der Waals surface area contributed by atoms with Crippen LogP contribution in [0.5, 0.6) is 0 Å². The summed E-state index contributed by atoms with van der Waals surface area (Å²) in [7, 11) is 0. The molecule has 1 fully saturated rings. The van der Waals surface area contributed by atoms with E-state index in [1.54, 1.807) is 0 Å². The molecule has 1 aromatic heterocycles. The molecular weight excluding hydrogens is 309 g/mol. The second-order valence-electron chi connectivity index (χ2n) is 3.92. The second kappa shape index (κ2) is 9.14. The zero-order chi connectivity index (χ0) is 12.1. The number of aliphatic carboxylic acids is 1. The molecular formula is C11H17Cl2N3O2S. The highest BCUT2D eigenvalue weighted by Crippen LogP contribution is 2.19. The molecule has 2 heterocycles. The van der Waals surface area contributed by atoms with Crippen LogP contribution in [0.3, 0.4) is 0 Å². The number of nitrogens with zero attached hydrogens (tertiary/aromatic N) is 1. The molecule has 0 saturated carbocycles. The number of nitrogens with one attached hydrogen (secondary N) is 2. The normalized spacial score (nSPS) is 15.6. The molecule has 3 N–H and O–H groups in total. The molecule has 0 aromatic carbocycles. The number of hydrogen-bond acceptors (Lipinski definition) is 5. The van der Waals surface area contributed by atoms with Crippen molar-refractivity contribution in [3.63, 3.8) is 0 Å². The highest BCUT2D eigenvalue weighted by Gasteiger charge is 2.13. The lowest BCUT2D eigenvalue weighted by atomic mass is 10.1. The van der Waals surface area contributed by atoms with Crippen LogP contribution in [0.15, 0.2) is 11.5 Å². The summed E-state index contributed by atoms with van der Waals surface area (Å²) in [4.78, 5) is 14.7. The minimum Gasteiger partial charge on any atom is -0.478 e. The van der Waals surface area contributed by atoms with Crippen molar-refractivity contribution in [2.75, 3.05) is 18.4 Å². The fraction of sp³-hybridized carbons (Fsp3) is 0.455. The first kappa shape index (κ1) is 18.2. The highest BCUT2D eigenvalue weighted by molar-refractivity contribution is 7.13. The molecule has 1 saturated heterocycles. The van der Waals surface area contributed by atoms with Crippen molar-refractivity contribution in [1.29, 1.82) is 0 Å². The van der Waals surface area contributed by atoms with Crippen molar-refractivity contribution in [2.45, 2.75) is 18.9 Å². The average Bonchev–Trinajstić information content (AvgIpc) is 2.75. The number of thiazole rings is 1. The maximum Gasteiger partial charge on any atom is 0.328 e. The Labute approximate surface area is 128 Å². The molecule has 0 unspecified atom stereocenters. The fourth-order valence-corrected chi connectivity index (χ4v) is 2.48. The van der Waals surface area contributed by atoms with E-state index >= 15 is 0 Å². The van der Waals surface area contributed by atoms with E-state index in [-0.39, 0.29) is 24.8 Å². The molecule has 1 aliphatic heterocycles. The molecule has 0 bridgehead atoms. The minimum atomic E-state index is -0.953. The van der Waals surface area contributed by atoms with Gasteiger partial charge >= 0.3 is 5.97 Å². The molecule has 1 aromatic rings. The van der Waals surface area contributed by atoms with Gasteiger partial charge in [-0.05, 0) is 32.0 Å². The predicted molar refractivity (Wildman–Crippen MR) is 82.8 cm³/mol. The zero-order valence-electron chi connectivity index (χ0n) is 10.2. The van der Waals surface area contributed by atoms with Gasteiger partial charge in [0.1, 0.15) is 0 Å². The quantitative estimate of drug-likeness (QED) is 0.740. The van der Waals surface area contributed by atoms with Gasteiger partial charge in [-0.25, -0.2) is 9.78 Å². The van der Waals surface area contributed by atoms with Crippen LogP contribution in [0.4, 0.5) is 5.13 Å². The van der Waals surface area contributed by atoms with Crippen LogP contribution < -0.4 is 10.6 Å². The number of piperidine rings is 1.